The van der Waals surface area contributed by atoms with Gasteiger partial charge in [0.2, 0.25) is 0 Å². The summed E-state index contributed by atoms with van der Waals surface area (Å²) in [6.07, 6.45) is 0.673. The number of aliphatic hydroxyl groups excluding tert-OH is 1. The fraction of sp³-hybridized carbons (Fsp3) is 0.286. The van der Waals surface area contributed by atoms with Crippen LogP contribution in [0.3, 0.4) is 0 Å². The lowest BCUT2D eigenvalue weighted by atomic mass is 10.0. The Balaban J connectivity index is 2.41. The first-order chi connectivity index (χ1) is 8.56. The molecule has 0 aromatic heterocycles. The van der Waals surface area contributed by atoms with E-state index in [-0.39, 0.29) is 5.57 Å². The number of hydrogen-bond acceptors (Lipinski definition) is 3. The molecule has 1 aliphatic rings. The van der Waals surface area contributed by atoms with E-state index >= 15 is 0 Å². The maximum absolute atomic E-state index is 12.1. The summed E-state index contributed by atoms with van der Waals surface area (Å²) >= 11 is 0. The zero-order valence-corrected chi connectivity index (χ0v) is 10.4. The van der Waals surface area contributed by atoms with E-state index in [0.717, 1.165) is 10.5 Å². The predicted molar refractivity (Wildman–Crippen MR) is 67.7 cm³/mol. The molecule has 0 unspecified atom stereocenters. The van der Waals surface area contributed by atoms with Gasteiger partial charge in [0.25, 0.3) is 11.8 Å². The molecule has 4 heteroatoms. The van der Waals surface area contributed by atoms with Crippen molar-refractivity contribution in [3.63, 3.8) is 0 Å². The number of carbonyl (C=O) groups is 2. The number of carbonyl (C=O) groups excluding carboxylic acids is 2. The summed E-state index contributed by atoms with van der Waals surface area (Å²) in [6, 6.07) is 7.16. The minimum absolute atomic E-state index is 0.105. The van der Waals surface area contributed by atoms with E-state index in [2.05, 4.69) is 0 Å². The van der Waals surface area contributed by atoms with Gasteiger partial charge in [0.15, 0.2) is 5.76 Å². The summed E-state index contributed by atoms with van der Waals surface area (Å²) < 4.78 is 0. The Hall–Kier alpha value is -2.10. The number of aryl methyl sites for hydroxylation is 1. The van der Waals surface area contributed by atoms with E-state index in [1.807, 2.05) is 26.0 Å². The summed E-state index contributed by atoms with van der Waals surface area (Å²) in [7, 11) is 0. The molecule has 1 heterocycles. The van der Waals surface area contributed by atoms with E-state index in [0.29, 0.717) is 18.5 Å². The number of benzene rings is 1. The molecule has 1 aliphatic heterocycles. The van der Waals surface area contributed by atoms with Crippen LogP contribution in [0.1, 0.15) is 24.5 Å². The third-order valence-corrected chi connectivity index (χ3v) is 2.93. The molecule has 94 valence electrons. The van der Waals surface area contributed by atoms with Crippen molar-refractivity contribution in [2.75, 3.05) is 6.54 Å². The lowest BCUT2D eigenvalue weighted by Crippen LogP contribution is -2.32. The van der Waals surface area contributed by atoms with Crippen LogP contribution in [-0.4, -0.2) is 28.4 Å². The van der Waals surface area contributed by atoms with Crippen LogP contribution < -0.4 is 0 Å². The molecule has 0 radical (unpaired) electrons. The number of rotatable bonds is 3. The number of nitrogens with zero attached hydrogens (tertiary/aromatic N) is 1. The lowest BCUT2D eigenvalue weighted by Gasteiger charge is -2.12. The zero-order valence-electron chi connectivity index (χ0n) is 10.4. The molecule has 1 aromatic carbocycles. The number of aliphatic hydroxyl groups is 1. The van der Waals surface area contributed by atoms with Crippen LogP contribution >= 0.6 is 0 Å². The highest BCUT2D eigenvalue weighted by atomic mass is 16.3. The molecule has 2 amide bonds. The average molecular weight is 245 g/mol. The van der Waals surface area contributed by atoms with Gasteiger partial charge in [-0.25, -0.2) is 0 Å². The molecular formula is C14H15NO3. The SMILES string of the molecule is CCCN1C(=O)C(O)=C(c2ccc(C)cc2)C1=O. The van der Waals surface area contributed by atoms with Crippen molar-refractivity contribution in [2.45, 2.75) is 20.3 Å². The second-order valence-corrected chi connectivity index (χ2v) is 4.35. The van der Waals surface area contributed by atoms with E-state index in [9.17, 15) is 14.7 Å². The van der Waals surface area contributed by atoms with Gasteiger partial charge in [0.1, 0.15) is 0 Å². The van der Waals surface area contributed by atoms with Gasteiger partial charge in [-0.05, 0) is 18.9 Å². The Kier molecular flexibility index (Phi) is 3.19. The Labute approximate surface area is 106 Å². The monoisotopic (exact) mass is 245 g/mol. The van der Waals surface area contributed by atoms with Crippen molar-refractivity contribution >= 4 is 17.4 Å². The third-order valence-electron chi connectivity index (χ3n) is 2.93. The minimum Gasteiger partial charge on any atom is -0.502 e. The summed E-state index contributed by atoms with van der Waals surface area (Å²) in [5, 5.41) is 9.82. The lowest BCUT2D eigenvalue weighted by molar-refractivity contribution is -0.138. The Morgan fingerprint density at radius 3 is 2.28 bits per heavy atom. The molecule has 2 rings (SSSR count). The Morgan fingerprint density at radius 2 is 1.72 bits per heavy atom. The smallest absolute Gasteiger partial charge is 0.296 e. The second kappa shape index (κ2) is 4.64. The molecule has 1 aromatic rings. The normalized spacial score (nSPS) is 15.8. The molecule has 0 aliphatic carbocycles. The second-order valence-electron chi connectivity index (χ2n) is 4.35. The highest BCUT2D eigenvalue weighted by molar-refractivity contribution is 6.34. The molecule has 1 N–H and O–H groups in total. The summed E-state index contributed by atoms with van der Waals surface area (Å²) in [4.78, 5) is 24.9. The molecule has 0 saturated carbocycles. The fourth-order valence-corrected chi connectivity index (χ4v) is 1.97. The van der Waals surface area contributed by atoms with Gasteiger partial charge in [-0.2, -0.15) is 0 Å². The zero-order chi connectivity index (χ0) is 13.3. The largest absolute Gasteiger partial charge is 0.502 e. The first-order valence-corrected chi connectivity index (χ1v) is 5.92. The number of hydrogen-bond donors (Lipinski definition) is 1. The summed E-state index contributed by atoms with van der Waals surface area (Å²) in [6.45, 7) is 4.14. The molecule has 4 nitrogen and oxygen atoms in total. The van der Waals surface area contributed by atoms with Crippen LogP contribution in [0.25, 0.3) is 5.57 Å². The van der Waals surface area contributed by atoms with Gasteiger partial charge >= 0.3 is 0 Å². The quantitative estimate of drug-likeness (QED) is 0.829. The van der Waals surface area contributed by atoms with Crippen LogP contribution in [-0.2, 0) is 9.59 Å². The molecule has 0 saturated heterocycles. The highest BCUT2D eigenvalue weighted by Gasteiger charge is 2.38. The fourth-order valence-electron chi connectivity index (χ4n) is 1.97. The van der Waals surface area contributed by atoms with Gasteiger partial charge in [-0.15, -0.1) is 0 Å². The predicted octanol–water partition coefficient (Wildman–Crippen LogP) is 2.04. The molecule has 18 heavy (non-hydrogen) atoms. The minimum atomic E-state index is -0.600. The Bertz CT molecular complexity index is 528. The number of amides is 2. The maximum atomic E-state index is 12.1. The van der Waals surface area contributed by atoms with E-state index in [4.69, 9.17) is 0 Å². The van der Waals surface area contributed by atoms with Crippen molar-refractivity contribution in [1.82, 2.24) is 4.90 Å². The van der Waals surface area contributed by atoms with Crippen LogP contribution in [0, 0.1) is 6.92 Å². The van der Waals surface area contributed by atoms with Gasteiger partial charge in [-0.1, -0.05) is 36.8 Å². The van der Waals surface area contributed by atoms with Crippen LogP contribution in [0.5, 0.6) is 0 Å². The maximum Gasteiger partial charge on any atom is 0.296 e. The van der Waals surface area contributed by atoms with E-state index < -0.39 is 17.6 Å². The standard InChI is InChI=1S/C14H15NO3/c1-3-8-15-13(17)11(12(16)14(15)18)10-6-4-9(2)5-7-10/h4-7,16H,3,8H2,1-2H3. The van der Waals surface area contributed by atoms with Crippen LogP contribution in [0.4, 0.5) is 0 Å². The van der Waals surface area contributed by atoms with Crippen LogP contribution in [0.2, 0.25) is 0 Å². The van der Waals surface area contributed by atoms with E-state index in [1.54, 1.807) is 12.1 Å². The van der Waals surface area contributed by atoms with Crippen LogP contribution in [0.15, 0.2) is 30.0 Å². The van der Waals surface area contributed by atoms with Gasteiger partial charge in [0.05, 0.1) is 5.57 Å². The Morgan fingerprint density at radius 1 is 1.11 bits per heavy atom. The molecule has 0 bridgehead atoms. The van der Waals surface area contributed by atoms with Crippen molar-refractivity contribution in [1.29, 1.82) is 0 Å². The third kappa shape index (κ3) is 1.90. The average Bonchev–Trinajstić information content (AvgIpc) is 2.56. The number of imide groups is 1. The molecule has 0 spiro atoms. The van der Waals surface area contributed by atoms with Crippen molar-refractivity contribution in [3.05, 3.63) is 41.2 Å². The summed E-state index contributed by atoms with van der Waals surface area (Å²) in [5.74, 6) is -1.46. The first kappa shape index (κ1) is 12.4. The van der Waals surface area contributed by atoms with E-state index in [1.165, 1.54) is 0 Å². The van der Waals surface area contributed by atoms with Crippen molar-refractivity contribution < 1.29 is 14.7 Å². The summed E-state index contributed by atoms with van der Waals surface area (Å²) in [5.41, 5.74) is 1.74. The molecule has 0 atom stereocenters. The van der Waals surface area contributed by atoms with Gasteiger partial charge < -0.3 is 5.11 Å². The topological polar surface area (TPSA) is 57.6 Å². The van der Waals surface area contributed by atoms with Gasteiger partial charge in [0, 0.05) is 6.54 Å². The van der Waals surface area contributed by atoms with Gasteiger partial charge in [-0.3, -0.25) is 14.5 Å². The molecular weight excluding hydrogens is 230 g/mol. The highest BCUT2D eigenvalue weighted by Crippen LogP contribution is 2.28. The van der Waals surface area contributed by atoms with Crippen molar-refractivity contribution in [3.8, 4) is 0 Å². The first-order valence-electron chi connectivity index (χ1n) is 5.92. The van der Waals surface area contributed by atoms with Crippen molar-refractivity contribution in [2.24, 2.45) is 0 Å². The molecule has 0 fully saturated rings.